The molecule has 0 saturated heterocycles. The number of carbonyl (C=O) groups is 1. The molecule has 3 N–H and O–H groups in total. The highest BCUT2D eigenvalue weighted by atomic mass is 19.1. The second-order valence-electron chi connectivity index (χ2n) is 8.26. The van der Waals surface area contributed by atoms with Gasteiger partial charge in [-0.15, -0.1) is 5.10 Å². The lowest BCUT2D eigenvalue weighted by atomic mass is 9.90. The SMILES string of the molecule is Cc1cc(C(=C(C=CC(O)C[C@H](O)CC(=O)O)c2nnnn2C)c2ccc(F)c(C)c2)ccc1F. The van der Waals surface area contributed by atoms with Gasteiger partial charge in [-0.05, 0) is 76.4 Å². The molecule has 0 amide bonds. The Morgan fingerprint density at radius 2 is 1.63 bits per heavy atom. The van der Waals surface area contributed by atoms with Gasteiger partial charge in [0.15, 0.2) is 5.82 Å². The molecule has 10 heteroatoms. The molecular formula is C25H26F2N4O4. The molecular weight excluding hydrogens is 458 g/mol. The summed E-state index contributed by atoms with van der Waals surface area (Å²) < 4.78 is 29.6. The first-order chi connectivity index (χ1) is 16.6. The third kappa shape index (κ3) is 6.43. The summed E-state index contributed by atoms with van der Waals surface area (Å²) in [5, 5.41) is 40.8. The Kier molecular flexibility index (Phi) is 8.21. The van der Waals surface area contributed by atoms with Crippen molar-refractivity contribution in [2.24, 2.45) is 7.05 Å². The third-order valence-electron chi connectivity index (χ3n) is 5.43. The quantitative estimate of drug-likeness (QED) is 0.399. The number of hydrogen-bond donors (Lipinski definition) is 3. The molecule has 0 aliphatic rings. The Balaban J connectivity index is 2.21. The van der Waals surface area contributed by atoms with Gasteiger partial charge in [0.2, 0.25) is 0 Å². The summed E-state index contributed by atoms with van der Waals surface area (Å²) >= 11 is 0. The lowest BCUT2D eigenvalue weighted by Gasteiger charge is -2.16. The van der Waals surface area contributed by atoms with E-state index in [4.69, 9.17) is 5.11 Å². The molecule has 3 rings (SSSR count). The number of hydrogen-bond acceptors (Lipinski definition) is 6. The fraction of sp³-hybridized carbons (Fsp3) is 0.280. The van der Waals surface area contributed by atoms with Gasteiger partial charge in [-0.3, -0.25) is 4.79 Å². The van der Waals surface area contributed by atoms with Crippen molar-refractivity contribution in [1.29, 1.82) is 0 Å². The van der Waals surface area contributed by atoms with E-state index in [-0.39, 0.29) is 18.1 Å². The Hall–Kier alpha value is -3.76. The monoisotopic (exact) mass is 484 g/mol. The Labute approximate surface area is 200 Å². The molecule has 0 aliphatic carbocycles. The van der Waals surface area contributed by atoms with E-state index in [9.17, 15) is 23.8 Å². The maximum atomic E-state index is 14.1. The molecule has 0 fully saturated rings. The average molecular weight is 485 g/mol. The van der Waals surface area contributed by atoms with E-state index in [2.05, 4.69) is 15.5 Å². The molecule has 0 radical (unpaired) electrons. The van der Waals surface area contributed by atoms with E-state index in [1.165, 1.54) is 22.9 Å². The third-order valence-corrected chi connectivity index (χ3v) is 5.43. The number of rotatable bonds is 9. The molecule has 1 heterocycles. The lowest BCUT2D eigenvalue weighted by Crippen LogP contribution is -2.19. The van der Waals surface area contributed by atoms with Crippen molar-refractivity contribution < 1.29 is 28.9 Å². The van der Waals surface area contributed by atoms with Crippen molar-refractivity contribution >= 4 is 17.1 Å². The molecule has 0 saturated carbocycles. The summed E-state index contributed by atoms with van der Waals surface area (Å²) in [6.07, 6.45) is -0.177. The van der Waals surface area contributed by atoms with Crippen molar-refractivity contribution in [3.05, 3.63) is 88.3 Å². The minimum Gasteiger partial charge on any atom is -0.481 e. The smallest absolute Gasteiger partial charge is 0.305 e. The van der Waals surface area contributed by atoms with Crippen LogP contribution in [0.3, 0.4) is 0 Å². The van der Waals surface area contributed by atoms with E-state index in [1.807, 2.05) is 0 Å². The number of nitrogens with zero attached hydrogens (tertiary/aromatic N) is 4. The second-order valence-corrected chi connectivity index (χ2v) is 8.26. The first-order valence-electron chi connectivity index (χ1n) is 10.8. The van der Waals surface area contributed by atoms with Gasteiger partial charge in [0.25, 0.3) is 0 Å². The van der Waals surface area contributed by atoms with Crippen molar-refractivity contribution in [1.82, 2.24) is 20.2 Å². The highest BCUT2D eigenvalue weighted by Gasteiger charge is 2.19. The van der Waals surface area contributed by atoms with Gasteiger partial charge >= 0.3 is 5.97 Å². The number of aromatic nitrogens is 4. The summed E-state index contributed by atoms with van der Waals surface area (Å²) in [4.78, 5) is 10.8. The fourth-order valence-corrected chi connectivity index (χ4v) is 3.65. The number of carboxylic acid groups (broad SMARTS) is 1. The zero-order valence-electron chi connectivity index (χ0n) is 19.5. The molecule has 3 aromatic rings. The molecule has 0 spiro atoms. The van der Waals surface area contributed by atoms with Crippen LogP contribution in [0.1, 0.15) is 40.9 Å². The Bertz CT molecular complexity index is 1230. The minimum atomic E-state index is -1.24. The molecule has 2 aromatic carbocycles. The van der Waals surface area contributed by atoms with Gasteiger partial charge in [0.05, 0.1) is 18.6 Å². The van der Waals surface area contributed by atoms with Gasteiger partial charge in [0.1, 0.15) is 11.6 Å². The first kappa shape index (κ1) is 25.9. The summed E-state index contributed by atoms with van der Waals surface area (Å²) in [7, 11) is 1.62. The highest BCUT2D eigenvalue weighted by Crippen LogP contribution is 2.34. The molecule has 184 valence electrons. The largest absolute Gasteiger partial charge is 0.481 e. The summed E-state index contributed by atoms with van der Waals surface area (Å²) in [5.74, 6) is -1.63. The molecule has 0 aliphatic heterocycles. The van der Waals surface area contributed by atoms with E-state index in [0.717, 1.165) is 0 Å². The summed E-state index contributed by atoms with van der Waals surface area (Å²) in [6, 6.07) is 9.12. The molecule has 8 nitrogen and oxygen atoms in total. The molecule has 1 aromatic heterocycles. The van der Waals surface area contributed by atoms with Gasteiger partial charge in [0, 0.05) is 19.0 Å². The van der Waals surface area contributed by atoms with E-state index in [1.54, 1.807) is 51.2 Å². The molecule has 2 atom stereocenters. The van der Waals surface area contributed by atoms with Gasteiger partial charge in [-0.2, -0.15) is 0 Å². The van der Waals surface area contributed by atoms with Crippen LogP contribution in [0, 0.1) is 25.5 Å². The number of aliphatic hydroxyl groups excluding tert-OH is 2. The van der Waals surface area contributed by atoms with Crippen molar-refractivity contribution in [3.8, 4) is 0 Å². The van der Waals surface area contributed by atoms with Gasteiger partial charge < -0.3 is 15.3 Å². The average Bonchev–Trinajstić information content (AvgIpc) is 3.20. The number of benzene rings is 2. The second kappa shape index (κ2) is 11.1. The van der Waals surface area contributed by atoms with Crippen LogP contribution in [0.4, 0.5) is 8.78 Å². The van der Waals surface area contributed by atoms with Crippen LogP contribution in [-0.4, -0.2) is 53.7 Å². The number of tetrazole rings is 1. The molecule has 35 heavy (non-hydrogen) atoms. The van der Waals surface area contributed by atoms with E-state index < -0.39 is 24.6 Å². The van der Waals surface area contributed by atoms with Gasteiger partial charge in [-0.25, -0.2) is 13.5 Å². The van der Waals surface area contributed by atoms with Crippen molar-refractivity contribution in [2.45, 2.75) is 38.9 Å². The van der Waals surface area contributed by atoms with Crippen molar-refractivity contribution in [3.63, 3.8) is 0 Å². The van der Waals surface area contributed by atoms with Crippen LogP contribution in [0.25, 0.3) is 11.1 Å². The summed E-state index contributed by atoms with van der Waals surface area (Å²) in [5.41, 5.74) is 3.02. The number of allylic oxidation sites excluding steroid dienone is 2. The number of aliphatic carboxylic acids is 1. The maximum absolute atomic E-state index is 14.1. The zero-order chi connectivity index (χ0) is 25.7. The number of carboxylic acids is 1. The fourth-order valence-electron chi connectivity index (χ4n) is 3.65. The highest BCUT2D eigenvalue weighted by molar-refractivity contribution is 6.01. The number of aliphatic hydroxyl groups is 2. The van der Waals surface area contributed by atoms with Crippen molar-refractivity contribution in [2.75, 3.05) is 0 Å². The van der Waals surface area contributed by atoms with Crippen LogP contribution >= 0.6 is 0 Å². The van der Waals surface area contributed by atoms with Crippen LogP contribution in [0.2, 0.25) is 0 Å². The number of halogens is 2. The topological polar surface area (TPSA) is 121 Å². The van der Waals surface area contributed by atoms with Crippen LogP contribution in [-0.2, 0) is 11.8 Å². The maximum Gasteiger partial charge on any atom is 0.305 e. The lowest BCUT2D eigenvalue weighted by molar-refractivity contribution is -0.139. The Morgan fingerprint density at radius 1 is 1.06 bits per heavy atom. The van der Waals surface area contributed by atoms with E-state index in [0.29, 0.717) is 39.2 Å². The van der Waals surface area contributed by atoms with E-state index >= 15 is 0 Å². The predicted octanol–water partition coefficient (Wildman–Crippen LogP) is 3.21. The predicted molar refractivity (Wildman–Crippen MR) is 125 cm³/mol. The normalized spacial score (nSPS) is 13.1. The number of aryl methyl sites for hydroxylation is 3. The van der Waals surface area contributed by atoms with Crippen LogP contribution < -0.4 is 0 Å². The Morgan fingerprint density at radius 3 is 2.09 bits per heavy atom. The van der Waals surface area contributed by atoms with Crippen LogP contribution in [0.5, 0.6) is 0 Å². The van der Waals surface area contributed by atoms with Gasteiger partial charge in [-0.1, -0.05) is 24.3 Å². The van der Waals surface area contributed by atoms with Crippen LogP contribution in [0.15, 0.2) is 48.6 Å². The standard InChI is InChI=1S/C25H26F2N4O4/c1-14-10-16(4-8-21(14)26)24(17-5-9-22(27)15(2)11-17)20(25-28-29-30-31(25)3)7-6-18(32)12-19(33)13-23(34)35/h4-11,18-19,32-33H,12-13H2,1-3H3,(H,34,35)/t18?,19-/m0/s1. The summed E-state index contributed by atoms with van der Waals surface area (Å²) in [6.45, 7) is 3.25. The minimum absolute atomic E-state index is 0.201. The first-order valence-corrected chi connectivity index (χ1v) is 10.8. The zero-order valence-corrected chi connectivity index (χ0v) is 19.5. The molecule has 1 unspecified atom stereocenters. The molecule has 0 bridgehead atoms.